The SMILES string of the molecule is COc1ccc(S(=O)(=O)Nc2ccc3c(c2)N(C(=O)c2ccco2)CCC3)cc1F. The standard InChI is InChI=1S/C21H19FN2O5S/c1-28-19-9-8-16(13-17(19)22)30(26,27)23-15-7-6-14-4-2-10-24(18(14)12-15)21(25)20-5-3-11-29-20/h3,5-9,11-13,23H,2,4,10H2,1H3. The van der Waals surface area contributed by atoms with Crippen LogP contribution in [0.5, 0.6) is 5.75 Å². The number of ether oxygens (including phenoxy) is 1. The highest BCUT2D eigenvalue weighted by Crippen LogP contribution is 2.32. The van der Waals surface area contributed by atoms with Crippen LogP contribution in [-0.2, 0) is 16.4 Å². The highest BCUT2D eigenvalue weighted by Gasteiger charge is 2.26. The third kappa shape index (κ3) is 3.76. The fourth-order valence-electron chi connectivity index (χ4n) is 3.41. The van der Waals surface area contributed by atoms with E-state index in [2.05, 4.69) is 4.72 Å². The number of nitrogens with one attached hydrogen (secondary N) is 1. The van der Waals surface area contributed by atoms with Crippen LogP contribution in [0.1, 0.15) is 22.5 Å². The molecule has 0 spiro atoms. The number of carbonyl (C=O) groups excluding carboxylic acids is 1. The molecule has 1 aliphatic heterocycles. The molecule has 3 aromatic rings. The second-order valence-corrected chi connectivity index (χ2v) is 8.47. The number of aryl methyl sites for hydroxylation is 1. The van der Waals surface area contributed by atoms with Crippen molar-refractivity contribution in [3.05, 3.63) is 71.9 Å². The number of benzene rings is 2. The fourth-order valence-corrected chi connectivity index (χ4v) is 4.47. The van der Waals surface area contributed by atoms with Crippen LogP contribution in [-0.4, -0.2) is 28.0 Å². The first kappa shape index (κ1) is 20.0. The van der Waals surface area contributed by atoms with Crippen molar-refractivity contribution >= 4 is 27.3 Å². The Hall–Kier alpha value is -3.33. The molecule has 0 bridgehead atoms. The summed E-state index contributed by atoms with van der Waals surface area (Å²) >= 11 is 0. The topological polar surface area (TPSA) is 88.9 Å². The zero-order valence-electron chi connectivity index (χ0n) is 16.1. The molecule has 0 saturated carbocycles. The summed E-state index contributed by atoms with van der Waals surface area (Å²) in [4.78, 5) is 14.1. The number of methoxy groups -OCH3 is 1. The van der Waals surface area contributed by atoms with Gasteiger partial charge in [-0.25, -0.2) is 12.8 Å². The number of rotatable bonds is 5. The van der Waals surface area contributed by atoms with E-state index in [0.717, 1.165) is 24.5 Å². The number of carbonyl (C=O) groups is 1. The van der Waals surface area contributed by atoms with Gasteiger partial charge in [-0.2, -0.15) is 0 Å². The third-order valence-corrected chi connectivity index (χ3v) is 6.25. The van der Waals surface area contributed by atoms with Crippen LogP contribution in [0.2, 0.25) is 0 Å². The van der Waals surface area contributed by atoms with Gasteiger partial charge in [-0.05, 0) is 60.9 Å². The highest BCUT2D eigenvalue weighted by molar-refractivity contribution is 7.92. The Bertz CT molecular complexity index is 1190. The molecule has 0 aliphatic carbocycles. The van der Waals surface area contributed by atoms with E-state index < -0.39 is 15.8 Å². The van der Waals surface area contributed by atoms with Crippen LogP contribution in [0, 0.1) is 5.82 Å². The lowest BCUT2D eigenvalue weighted by Gasteiger charge is -2.29. The molecule has 7 nitrogen and oxygen atoms in total. The van der Waals surface area contributed by atoms with Gasteiger partial charge in [-0.3, -0.25) is 9.52 Å². The van der Waals surface area contributed by atoms with Gasteiger partial charge in [0.1, 0.15) is 0 Å². The third-order valence-electron chi connectivity index (χ3n) is 4.87. The lowest BCUT2D eigenvalue weighted by atomic mass is 10.0. The maximum atomic E-state index is 13.9. The maximum Gasteiger partial charge on any atom is 0.293 e. The second-order valence-electron chi connectivity index (χ2n) is 6.78. The lowest BCUT2D eigenvalue weighted by molar-refractivity contribution is 0.0958. The number of anilines is 2. The Kier molecular flexibility index (Phi) is 5.21. The molecule has 0 unspecified atom stereocenters. The van der Waals surface area contributed by atoms with Gasteiger partial charge in [0.05, 0.1) is 24.0 Å². The molecule has 9 heteroatoms. The van der Waals surface area contributed by atoms with E-state index >= 15 is 0 Å². The molecular formula is C21H19FN2O5S. The maximum absolute atomic E-state index is 13.9. The number of halogens is 1. The summed E-state index contributed by atoms with van der Waals surface area (Å²) in [6, 6.07) is 11.6. The van der Waals surface area contributed by atoms with Crippen molar-refractivity contribution in [2.24, 2.45) is 0 Å². The summed E-state index contributed by atoms with van der Waals surface area (Å²) in [5.41, 5.74) is 1.81. The minimum atomic E-state index is -4.04. The summed E-state index contributed by atoms with van der Waals surface area (Å²) in [7, 11) is -2.74. The molecule has 156 valence electrons. The Labute approximate surface area is 173 Å². The molecule has 0 atom stereocenters. The average molecular weight is 430 g/mol. The fraction of sp³-hybridized carbons (Fsp3) is 0.190. The number of furan rings is 1. The largest absolute Gasteiger partial charge is 0.494 e. The van der Waals surface area contributed by atoms with Gasteiger partial charge >= 0.3 is 0 Å². The van der Waals surface area contributed by atoms with Crippen LogP contribution in [0.3, 0.4) is 0 Å². The summed E-state index contributed by atoms with van der Waals surface area (Å²) in [6.07, 6.45) is 2.99. The Morgan fingerprint density at radius 1 is 1.20 bits per heavy atom. The van der Waals surface area contributed by atoms with Crippen LogP contribution in [0.25, 0.3) is 0 Å². The minimum Gasteiger partial charge on any atom is -0.494 e. The summed E-state index contributed by atoms with van der Waals surface area (Å²) < 4.78 is 51.9. The van der Waals surface area contributed by atoms with Gasteiger partial charge in [0, 0.05) is 12.2 Å². The van der Waals surface area contributed by atoms with Crippen LogP contribution in [0.15, 0.2) is 64.1 Å². The van der Waals surface area contributed by atoms with Gasteiger partial charge in [0.25, 0.3) is 15.9 Å². The number of hydrogen-bond acceptors (Lipinski definition) is 5. The first-order valence-electron chi connectivity index (χ1n) is 9.24. The predicted molar refractivity (Wildman–Crippen MR) is 109 cm³/mol. The molecule has 1 aromatic heterocycles. The molecule has 1 aliphatic rings. The van der Waals surface area contributed by atoms with Crippen LogP contribution >= 0.6 is 0 Å². The van der Waals surface area contributed by atoms with Gasteiger partial charge in [0.2, 0.25) is 0 Å². The predicted octanol–water partition coefficient (Wildman–Crippen LogP) is 3.82. The highest BCUT2D eigenvalue weighted by atomic mass is 32.2. The van der Waals surface area contributed by atoms with Crippen molar-refractivity contribution in [2.75, 3.05) is 23.3 Å². The molecule has 0 saturated heterocycles. The number of amides is 1. The number of sulfonamides is 1. The number of nitrogens with zero attached hydrogens (tertiary/aromatic N) is 1. The van der Waals surface area contributed by atoms with Crippen molar-refractivity contribution in [1.82, 2.24) is 0 Å². The number of hydrogen-bond donors (Lipinski definition) is 1. The first-order chi connectivity index (χ1) is 14.4. The first-order valence-corrected chi connectivity index (χ1v) is 10.7. The smallest absolute Gasteiger partial charge is 0.293 e. The molecule has 30 heavy (non-hydrogen) atoms. The van der Waals surface area contributed by atoms with Gasteiger partial charge < -0.3 is 14.1 Å². The van der Waals surface area contributed by atoms with E-state index in [9.17, 15) is 17.6 Å². The molecule has 2 heterocycles. The molecule has 0 radical (unpaired) electrons. The zero-order valence-corrected chi connectivity index (χ0v) is 16.9. The van der Waals surface area contributed by atoms with E-state index in [0.29, 0.717) is 12.2 Å². The average Bonchev–Trinajstić information content (AvgIpc) is 3.27. The van der Waals surface area contributed by atoms with Crippen LogP contribution < -0.4 is 14.4 Å². The van der Waals surface area contributed by atoms with Crippen molar-refractivity contribution in [2.45, 2.75) is 17.7 Å². The van der Waals surface area contributed by atoms with Crippen molar-refractivity contribution in [1.29, 1.82) is 0 Å². The van der Waals surface area contributed by atoms with Crippen molar-refractivity contribution < 1.29 is 26.8 Å². The van der Waals surface area contributed by atoms with Gasteiger partial charge in [-0.15, -0.1) is 0 Å². The summed E-state index contributed by atoms with van der Waals surface area (Å²) in [6.45, 7) is 0.492. The van der Waals surface area contributed by atoms with Gasteiger partial charge in [0.15, 0.2) is 17.3 Å². The number of fused-ring (bicyclic) bond motifs is 1. The second kappa shape index (κ2) is 7.83. The summed E-state index contributed by atoms with van der Waals surface area (Å²) in [5, 5.41) is 0. The van der Waals surface area contributed by atoms with E-state index in [1.165, 1.54) is 25.5 Å². The van der Waals surface area contributed by atoms with Crippen LogP contribution in [0.4, 0.5) is 15.8 Å². The normalized spacial score (nSPS) is 13.6. The molecule has 2 aromatic carbocycles. The van der Waals surface area contributed by atoms with Crippen molar-refractivity contribution in [3.63, 3.8) is 0 Å². The van der Waals surface area contributed by atoms with E-state index in [1.54, 1.807) is 35.2 Å². The molecular weight excluding hydrogens is 411 g/mol. The van der Waals surface area contributed by atoms with Gasteiger partial charge in [-0.1, -0.05) is 6.07 Å². The lowest BCUT2D eigenvalue weighted by Crippen LogP contribution is -2.35. The Balaban J connectivity index is 1.64. The van der Waals surface area contributed by atoms with E-state index in [1.807, 2.05) is 0 Å². The van der Waals surface area contributed by atoms with E-state index in [4.69, 9.17) is 9.15 Å². The Morgan fingerprint density at radius 2 is 2.03 bits per heavy atom. The Morgan fingerprint density at radius 3 is 2.73 bits per heavy atom. The molecule has 1 amide bonds. The summed E-state index contributed by atoms with van der Waals surface area (Å²) in [5.74, 6) is -0.906. The minimum absolute atomic E-state index is 0.0465. The molecule has 4 rings (SSSR count). The van der Waals surface area contributed by atoms with E-state index in [-0.39, 0.29) is 28.0 Å². The molecule has 0 fully saturated rings. The quantitative estimate of drug-likeness (QED) is 0.665. The zero-order chi connectivity index (χ0) is 21.3. The molecule has 1 N–H and O–H groups in total. The van der Waals surface area contributed by atoms with Crippen molar-refractivity contribution in [3.8, 4) is 5.75 Å². The monoisotopic (exact) mass is 430 g/mol.